The van der Waals surface area contributed by atoms with Crippen molar-refractivity contribution in [3.05, 3.63) is 0 Å². The summed E-state index contributed by atoms with van der Waals surface area (Å²) in [6.07, 6.45) is 3.72. The zero-order valence-corrected chi connectivity index (χ0v) is 9.84. The molecule has 1 fully saturated rings. The van der Waals surface area contributed by atoms with Gasteiger partial charge in [0.15, 0.2) is 0 Å². The molecule has 0 unspecified atom stereocenters. The molecule has 1 aliphatic carbocycles. The Balaban J connectivity index is 2.47. The first-order valence-corrected chi connectivity index (χ1v) is 5.82. The van der Waals surface area contributed by atoms with Gasteiger partial charge >= 0.3 is 0 Å². The zero-order valence-electron chi connectivity index (χ0n) is 9.84. The maximum Gasteiger partial charge on any atom is 0.222 e. The quantitative estimate of drug-likeness (QED) is 0.740. The van der Waals surface area contributed by atoms with Crippen LogP contribution in [0.3, 0.4) is 0 Å². The molecular formula is C12H23NO. The molecule has 0 aromatic carbocycles. The van der Waals surface area contributed by atoms with Gasteiger partial charge in [-0.15, -0.1) is 0 Å². The van der Waals surface area contributed by atoms with Gasteiger partial charge in [-0.2, -0.15) is 0 Å². The Morgan fingerprint density at radius 3 is 2.36 bits per heavy atom. The lowest BCUT2D eigenvalue weighted by atomic mass is 9.91. The van der Waals surface area contributed by atoms with Crippen LogP contribution >= 0.6 is 0 Å². The van der Waals surface area contributed by atoms with Gasteiger partial charge in [0.1, 0.15) is 0 Å². The highest BCUT2D eigenvalue weighted by Crippen LogP contribution is 2.31. The molecule has 0 radical (unpaired) electrons. The van der Waals surface area contributed by atoms with Gasteiger partial charge in [0.05, 0.1) is 0 Å². The predicted octanol–water partition coefficient (Wildman–Crippen LogP) is 2.58. The Labute approximate surface area is 87.5 Å². The van der Waals surface area contributed by atoms with Crippen molar-refractivity contribution in [1.82, 2.24) is 5.32 Å². The molecule has 2 nitrogen and oxygen atoms in total. The average Bonchev–Trinajstić information content (AvgIpc) is 2.52. The Morgan fingerprint density at radius 2 is 1.86 bits per heavy atom. The minimum atomic E-state index is 0.114. The van der Waals surface area contributed by atoms with Crippen LogP contribution in [0.15, 0.2) is 0 Å². The van der Waals surface area contributed by atoms with Crippen molar-refractivity contribution in [3.63, 3.8) is 0 Å². The minimum absolute atomic E-state index is 0.114. The average molecular weight is 197 g/mol. The highest BCUT2D eigenvalue weighted by Gasteiger charge is 2.30. The fourth-order valence-electron chi connectivity index (χ4n) is 2.32. The van der Waals surface area contributed by atoms with Gasteiger partial charge in [0, 0.05) is 12.0 Å². The normalized spacial score (nSPS) is 27.3. The third-order valence-electron chi connectivity index (χ3n) is 3.28. The molecule has 1 N–H and O–H groups in total. The summed E-state index contributed by atoms with van der Waals surface area (Å²) >= 11 is 0. The molecule has 1 saturated carbocycles. The maximum atomic E-state index is 11.6. The van der Waals surface area contributed by atoms with E-state index in [1.807, 2.05) is 13.8 Å². The van der Waals surface area contributed by atoms with Crippen molar-refractivity contribution in [2.45, 2.75) is 53.0 Å². The molecule has 2 heteroatoms. The van der Waals surface area contributed by atoms with Crippen molar-refractivity contribution in [1.29, 1.82) is 0 Å². The Bertz CT molecular complexity index is 198. The summed E-state index contributed by atoms with van der Waals surface area (Å²) in [5.74, 6) is 1.71. The first-order chi connectivity index (χ1) is 6.52. The summed E-state index contributed by atoms with van der Waals surface area (Å²) in [5.41, 5.74) is 0. The highest BCUT2D eigenvalue weighted by atomic mass is 16.1. The first-order valence-electron chi connectivity index (χ1n) is 5.82. The molecule has 1 amide bonds. The Kier molecular flexibility index (Phi) is 3.97. The zero-order chi connectivity index (χ0) is 10.7. The minimum Gasteiger partial charge on any atom is -0.353 e. The fraction of sp³-hybridized carbons (Fsp3) is 0.917. The molecule has 1 rings (SSSR count). The lowest BCUT2D eigenvalue weighted by Gasteiger charge is -2.24. The molecular weight excluding hydrogens is 174 g/mol. The van der Waals surface area contributed by atoms with Crippen LogP contribution in [0, 0.1) is 17.8 Å². The van der Waals surface area contributed by atoms with Gasteiger partial charge in [-0.25, -0.2) is 0 Å². The molecule has 0 aromatic rings. The summed E-state index contributed by atoms with van der Waals surface area (Å²) in [6, 6.07) is 0.435. The lowest BCUT2D eigenvalue weighted by Crippen LogP contribution is -2.40. The first kappa shape index (κ1) is 11.5. The molecule has 2 atom stereocenters. The summed E-state index contributed by atoms with van der Waals surface area (Å²) in [6.45, 7) is 8.42. The van der Waals surface area contributed by atoms with Gasteiger partial charge in [-0.3, -0.25) is 4.79 Å². The molecule has 0 aromatic heterocycles. The maximum absolute atomic E-state index is 11.6. The number of carbonyl (C=O) groups is 1. The van der Waals surface area contributed by atoms with Crippen LogP contribution in [-0.2, 0) is 4.79 Å². The fourth-order valence-corrected chi connectivity index (χ4v) is 2.32. The largest absolute Gasteiger partial charge is 0.353 e. The molecule has 14 heavy (non-hydrogen) atoms. The van der Waals surface area contributed by atoms with Crippen LogP contribution in [0.25, 0.3) is 0 Å². The lowest BCUT2D eigenvalue weighted by molar-refractivity contribution is -0.125. The van der Waals surface area contributed by atoms with Crippen molar-refractivity contribution in [3.8, 4) is 0 Å². The van der Waals surface area contributed by atoms with Gasteiger partial charge in [-0.05, 0) is 24.7 Å². The van der Waals surface area contributed by atoms with E-state index in [9.17, 15) is 4.79 Å². The number of rotatable bonds is 3. The van der Waals surface area contributed by atoms with Crippen LogP contribution in [-0.4, -0.2) is 11.9 Å². The van der Waals surface area contributed by atoms with Crippen molar-refractivity contribution < 1.29 is 4.79 Å². The molecule has 0 bridgehead atoms. The van der Waals surface area contributed by atoms with E-state index >= 15 is 0 Å². The second kappa shape index (κ2) is 4.81. The number of hydrogen-bond acceptors (Lipinski definition) is 1. The SMILES string of the molecule is CC(C)C(=O)N[C@H]1CCC[C@H]1C(C)C. The third-order valence-corrected chi connectivity index (χ3v) is 3.28. The second-order valence-corrected chi connectivity index (χ2v) is 5.11. The van der Waals surface area contributed by atoms with Gasteiger partial charge in [0.25, 0.3) is 0 Å². The highest BCUT2D eigenvalue weighted by molar-refractivity contribution is 5.78. The van der Waals surface area contributed by atoms with E-state index in [1.165, 1.54) is 19.3 Å². The Morgan fingerprint density at radius 1 is 1.21 bits per heavy atom. The van der Waals surface area contributed by atoms with Crippen LogP contribution < -0.4 is 5.32 Å². The van der Waals surface area contributed by atoms with Crippen LogP contribution in [0.4, 0.5) is 0 Å². The molecule has 0 heterocycles. The van der Waals surface area contributed by atoms with Gasteiger partial charge < -0.3 is 5.32 Å². The Hall–Kier alpha value is -0.530. The topological polar surface area (TPSA) is 29.1 Å². The van der Waals surface area contributed by atoms with E-state index in [2.05, 4.69) is 19.2 Å². The van der Waals surface area contributed by atoms with Crippen molar-refractivity contribution in [2.24, 2.45) is 17.8 Å². The van der Waals surface area contributed by atoms with Gasteiger partial charge in [-0.1, -0.05) is 34.1 Å². The van der Waals surface area contributed by atoms with Crippen molar-refractivity contribution in [2.75, 3.05) is 0 Å². The summed E-state index contributed by atoms with van der Waals surface area (Å²) in [5, 5.41) is 3.17. The van der Waals surface area contributed by atoms with E-state index in [4.69, 9.17) is 0 Å². The predicted molar refractivity (Wildman–Crippen MR) is 58.9 cm³/mol. The molecule has 82 valence electrons. The monoisotopic (exact) mass is 197 g/mol. The smallest absolute Gasteiger partial charge is 0.222 e. The number of nitrogens with one attached hydrogen (secondary N) is 1. The third kappa shape index (κ3) is 2.73. The molecule has 0 spiro atoms. The second-order valence-electron chi connectivity index (χ2n) is 5.11. The number of carbonyl (C=O) groups excluding carboxylic acids is 1. The summed E-state index contributed by atoms with van der Waals surface area (Å²) in [4.78, 5) is 11.6. The van der Waals surface area contributed by atoms with Crippen LogP contribution in [0.5, 0.6) is 0 Å². The summed E-state index contributed by atoms with van der Waals surface area (Å²) < 4.78 is 0. The summed E-state index contributed by atoms with van der Waals surface area (Å²) in [7, 11) is 0. The number of amides is 1. The van der Waals surface area contributed by atoms with Crippen LogP contribution in [0.2, 0.25) is 0 Å². The van der Waals surface area contributed by atoms with E-state index in [1.54, 1.807) is 0 Å². The van der Waals surface area contributed by atoms with Crippen LogP contribution in [0.1, 0.15) is 47.0 Å². The standard InChI is InChI=1S/C12H23NO/c1-8(2)10-6-5-7-11(10)13-12(14)9(3)4/h8-11H,5-7H2,1-4H3,(H,13,14)/t10-,11-/m0/s1. The van der Waals surface area contributed by atoms with E-state index in [0.717, 1.165) is 0 Å². The molecule has 0 aliphatic heterocycles. The van der Waals surface area contributed by atoms with Gasteiger partial charge in [0.2, 0.25) is 5.91 Å². The molecule has 1 aliphatic rings. The van der Waals surface area contributed by atoms with Crippen molar-refractivity contribution >= 4 is 5.91 Å². The number of hydrogen-bond donors (Lipinski definition) is 1. The molecule has 0 saturated heterocycles. The van der Waals surface area contributed by atoms with E-state index in [0.29, 0.717) is 17.9 Å². The van der Waals surface area contributed by atoms with E-state index < -0.39 is 0 Å². The van der Waals surface area contributed by atoms with E-state index in [-0.39, 0.29) is 11.8 Å².